The first-order valence-corrected chi connectivity index (χ1v) is 45.0. The van der Waals surface area contributed by atoms with Crippen LogP contribution in [0.1, 0.15) is 11.0 Å². The van der Waals surface area contributed by atoms with Gasteiger partial charge in [-0.2, -0.15) is 5.26 Å². The summed E-state index contributed by atoms with van der Waals surface area (Å²) in [5.74, 6) is 0. The maximum Gasteiger partial charge on any atom is 0.0991 e. The minimum absolute atomic E-state index is 0.0696. The van der Waals surface area contributed by atoms with Crippen LogP contribution in [0.3, 0.4) is 0 Å². The Morgan fingerprint density at radius 1 is 0.167 bits per heavy atom. The summed E-state index contributed by atoms with van der Waals surface area (Å²) in [5, 5.41) is 49.0. The molecule has 0 fully saturated rings. The topological polar surface area (TPSA) is 43.5 Å². The molecule has 25 aromatic carbocycles. The average molecular weight is 1680 g/mol. The Balaban J connectivity index is 0.0000000943. The summed E-state index contributed by atoms with van der Waals surface area (Å²) < 4.78 is 43.2. The Morgan fingerprint density at radius 3 is 0.712 bits per heavy atom. The SMILES string of the molecule is N#Cc1ccc(-n2c3ccc4ccccc4c3c3c4ccccc4c4ccccc4c32)cc1.[2H]c1cc([2H])c(-n2c3ccc4ccccc4c3c3c4ccccc4c4ccccc4c32)c([2H])c1[2H].c1ccc(-c2ccc(-n3c4ccc5ccccc5c4c4c5ccccc5c5ccccc5c43)cc2)cc1.c1ccc(-n2c3ccc4ccccc4c3c3c4ccccc4c4ccccc4c32)cc1. The smallest absolute Gasteiger partial charge is 0.0991 e. The van der Waals surface area contributed by atoms with E-state index in [9.17, 15) is 5.26 Å². The molecule has 132 heavy (non-hydrogen) atoms. The van der Waals surface area contributed by atoms with Gasteiger partial charge < -0.3 is 18.3 Å². The van der Waals surface area contributed by atoms with Gasteiger partial charge in [0.2, 0.25) is 0 Å². The van der Waals surface area contributed by atoms with Gasteiger partial charge >= 0.3 is 0 Å². The second-order valence-electron chi connectivity index (χ2n) is 34.3. The fraction of sp³-hybridized carbons (Fsp3) is 0. The molecule has 4 heterocycles. The Labute approximate surface area is 765 Å². The van der Waals surface area contributed by atoms with Crippen molar-refractivity contribution in [3.8, 4) is 39.9 Å². The lowest BCUT2D eigenvalue weighted by molar-refractivity contribution is 1.19. The second-order valence-corrected chi connectivity index (χ2v) is 34.3. The van der Waals surface area contributed by atoms with Gasteiger partial charge in [0, 0.05) is 87.4 Å². The van der Waals surface area contributed by atoms with Crippen molar-refractivity contribution in [2.75, 3.05) is 0 Å². The number of benzene rings is 25. The van der Waals surface area contributed by atoms with Crippen molar-refractivity contribution >= 4 is 216 Å². The highest BCUT2D eigenvalue weighted by Crippen LogP contribution is 2.51. The maximum atomic E-state index is 9.32. The van der Waals surface area contributed by atoms with Crippen molar-refractivity contribution in [3.05, 3.63) is 485 Å². The van der Waals surface area contributed by atoms with E-state index in [-0.39, 0.29) is 24.2 Å². The molecule has 4 aromatic heterocycles. The molecule has 0 amide bonds. The highest BCUT2D eigenvalue weighted by Gasteiger charge is 2.27. The van der Waals surface area contributed by atoms with Gasteiger partial charge in [-0.15, -0.1) is 0 Å². The van der Waals surface area contributed by atoms with Gasteiger partial charge in [0.25, 0.3) is 0 Å². The molecule has 0 saturated heterocycles. The summed E-state index contributed by atoms with van der Waals surface area (Å²) >= 11 is 0. The molecule has 0 radical (unpaired) electrons. The lowest BCUT2D eigenvalue weighted by Gasteiger charge is -2.13. The summed E-state index contributed by atoms with van der Waals surface area (Å²) in [6, 6.07) is 163. The van der Waals surface area contributed by atoms with Crippen molar-refractivity contribution in [2.24, 2.45) is 0 Å². The Bertz CT molecular complexity index is 10100. The highest BCUT2D eigenvalue weighted by molar-refractivity contribution is 6.40. The minimum atomic E-state index is -0.170. The summed E-state index contributed by atoms with van der Waals surface area (Å²) in [6.45, 7) is 0. The van der Waals surface area contributed by atoms with Crippen LogP contribution in [0.5, 0.6) is 0 Å². The summed E-state index contributed by atoms with van der Waals surface area (Å²) in [5.41, 5.74) is 16.1. The van der Waals surface area contributed by atoms with Crippen LogP contribution >= 0.6 is 0 Å². The fourth-order valence-corrected chi connectivity index (χ4v) is 21.9. The van der Waals surface area contributed by atoms with Crippen molar-refractivity contribution in [1.82, 2.24) is 18.3 Å². The van der Waals surface area contributed by atoms with E-state index in [2.05, 4.69) is 426 Å². The van der Waals surface area contributed by atoms with Gasteiger partial charge in [0.15, 0.2) is 0 Å². The van der Waals surface area contributed by atoms with E-state index in [1.54, 1.807) is 0 Å². The number of hydrogen-bond donors (Lipinski definition) is 0. The van der Waals surface area contributed by atoms with Gasteiger partial charge in [-0.1, -0.05) is 394 Å². The van der Waals surface area contributed by atoms with Crippen LogP contribution in [0.15, 0.2) is 479 Å². The van der Waals surface area contributed by atoms with Gasteiger partial charge in [-0.05, 0) is 204 Å². The second kappa shape index (κ2) is 30.8. The van der Waals surface area contributed by atoms with Crippen LogP contribution in [-0.4, -0.2) is 18.3 Å². The predicted octanol–water partition coefficient (Wildman–Crippen LogP) is 34.5. The molecule has 612 valence electrons. The lowest BCUT2D eigenvalue weighted by Crippen LogP contribution is -1.95. The van der Waals surface area contributed by atoms with Crippen LogP contribution in [0.4, 0.5) is 0 Å². The molecule has 0 N–H and O–H groups in total. The standard InChI is InChI=1S/C36H23N.C31H18N2.2C30H19N/c1-2-10-24(11-3-1)25-18-21-27(22-19-25)37-33-23-20-26-12-4-5-13-28(26)34(33)35-31-16-8-6-14-29(31)30-15-7-9-17-32(30)36(35)37;32-19-20-13-16-22(17-14-20)33-28-18-15-21-7-1-2-8-23(21)29(28)30-26-11-5-3-9-24(26)25-10-4-6-12-27(25)31(30)33;2*1-2-11-21(12-3-1)31-27-19-18-20-10-4-5-13-22(20)28(27)29-25-16-8-6-14-23(25)24-15-7-9-17-26(24)30(29)31/h1-23H;1-18H;2*1-19H/i;;1D,2D,11D,12D;. The van der Waals surface area contributed by atoms with Gasteiger partial charge in [0.05, 0.1) is 61.2 Å². The van der Waals surface area contributed by atoms with E-state index >= 15 is 0 Å². The fourth-order valence-electron chi connectivity index (χ4n) is 21.9. The third-order valence-corrected chi connectivity index (χ3v) is 27.4. The Kier molecular flexibility index (Phi) is 16.7. The first-order valence-electron chi connectivity index (χ1n) is 47.0. The van der Waals surface area contributed by atoms with Crippen LogP contribution in [0.2, 0.25) is 0 Å². The van der Waals surface area contributed by atoms with Crippen LogP contribution in [0.25, 0.3) is 250 Å². The number of para-hydroxylation sites is 2. The third kappa shape index (κ3) is 11.7. The summed E-state index contributed by atoms with van der Waals surface area (Å²) in [4.78, 5) is 0. The molecule has 0 saturated carbocycles. The van der Waals surface area contributed by atoms with Gasteiger partial charge in [-0.3, -0.25) is 0 Å². The molecule has 0 aliphatic carbocycles. The Hall–Kier alpha value is -17.7. The molecule has 0 atom stereocenters. The number of fused-ring (bicyclic) bond motifs is 40. The zero-order valence-electron chi connectivity index (χ0n) is 75.5. The molecule has 0 aliphatic heterocycles. The number of aromatic nitrogens is 4. The maximum absolute atomic E-state index is 9.32. The van der Waals surface area contributed by atoms with E-state index in [4.69, 9.17) is 5.48 Å². The number of rotatable bonds is 5. The van der Waals surface area contributed by atoms with Crippen molar-refractivity contribution in [3.63, 3.8) is 0 Å². The van der Waals surface area contributed by atoms with E-state index in [1.165, 1.54) is 191 Å². The first-order chi connectivity index (χ1) is 67.2. The van der Waals surface area contributed by atoms with Crippen LogP contribution in [-0.2, 0) is 0 Å². The molecule has 0 unspecified atom stereocenters. The molecule has 29 rings (SSSR count). The van der Waals surface area contributed by atoms with Crippen LogP contribution in [0, 0.1) is 11.3 Å². The van der Waals surface area contributed by atoms with E-state index in [0.717, 1.165) is 59.8 Å². The number of nitrogens with zero attached hydrogens (tertiary/aromatic N) is 5. The molecule has 0 aliphatic rings. The van der Waals surface area contributed by atoms with Gasteiger partial charge in [-0.25, -0.2) is 0 Å². The normalized spacial score (nSPS) is 12.2. The molecule has 5 nitrogen and oxygen atoms in total. The molecular formula is C127H79N5. The van der Waals surface area contributed by atoms with E-state index < -0.39 is 0 Å². The largest absolute Gasteiger partial charge is 0.309 e. The predicted molar refractivity (Wildman–Crippen MR) is 563 cm³/mol. The number of hydrogen-bond acceptors (Lipinski definition) is 1. The molecule has 0 bridgehead atoms. The first kappa shape index (κ1) is 71.5. The Morgan fingerprint density at radius 2 is 0.402 bits per heavy atom. The number of nitriles is 1. The summed E-state index contributed by atoms with van der Waals surface area (Å²) in [7, 11) is 0. The minimum Gasteiger partial charge on any atom is -0.309 e. The third-order valence-electron chi connectivity index (χ3n) is 27.4. The van der Waals surface area contributed by atoms with Crippen molar-refractivity contribution in [1.29, 1.82) is 5.26 Å². The lowest BCUT2D eigenvalue weighted by atomic mass is 9.95. The van der Waals surface area contributed by atoms with E-state index in [1.807, 2.05) is 47.0 Å². The molecular weight excluding hydrogens is 1600 g/mol. The van der Waals surface area contributed by atoms with Crippen molar-refractivity contribution in [2.45, 2.75) is 0 Å². The molecule has 5 heteroatoms. The summed E-state index contributed by atoms with van der Waals surface area (Å²) in [6.07, 6.45) is 0. The molecule has 0 spiro atoms. The molecule has 29 aromatic rings. The monoisotopic (exact) mass is 1680 g/mol. The zero-order valence-corrected chi connectivity index (χ0v) is 71.5. The zero-order chi connectivity index (χ0) is 90.5. The van der Waals surface area contributed by atoms with Crippen LogP contribution < -0.4 is 0 Å². The van der Waals surface area contributed by atoms with Crippen molar-refractivity contribution < 1.29 is 5.48 Å². The highest BCUT2D eigenvalue weighted by atomic mass is 15.0. The quantitative estimate of drug-likeness (QED) is 0.158. The van der Waals surface area contributed by atoms with E-state index in [0.29, 0.717) is 11.3 Å². The average Bonchev–Trinajstić information content (AvgIpc) is 1.55. The van der Waals surface area contributed by atoms with Gasteiger partial charge in [0.1, 0.15) is 0 Å².